The number of hydrogen-bond donors (Lipinski definition) is 2. The number of urea groups is 1. The third-order valence-corrected chi connectivity index (χ3v) is 4.73. The second kappa shape index (κ2) is 8.21. The summed E-state index contributed by atoms with van der Waals surface area (Å²) in [6.07, 6.45) is -3.03. The summed E-state index contributed by atoms with van der Waals surface area (Å²) in [6, 6.07) is 7.55. The molecule has 1 saturated heterocycles. The number of ether oxygens (including phenoxy) is 2. The lowest BCUT2D eigenvalue weighted by atomic mass is 10.1. The van der Waals surface area contributed by atoms with Crippen molar-refractivity contribution in [3.05, 3.63) is 53.2 Å². The fraction of sp³-hybridized carbons (Fsp3) is 0.238. The van der Waals surface area contributed by atoms with Crippen molar-refractivity contribution in [2.45, 2.75) is 13.1 Å². The Morgan fingerprint density at radius 3 is 2.39 bits per heavy atom. The second-order valence-corrected chi connectivity index (χ2v) is 6.73. The predicted octanol–water partition coefficient (Wildman–Crippen LogP) is 4.79. The van der Waals surface area contributed by atoms with Crippen LogP contribution in [0.1, 0.15) is 18.1 Å². The van der Waals surface area contributed by atoms with Crippen LogP contribution in [0.4, 0.5) is 23.7 Å². The largest absolute Gasteiger partial charge is 0.493 e. The first-order valence-electron chi connectivity index (χ1n) is 9.25. The molecule has 1 aliphatic rings. The molecule has 2 aromatic rings. The van der Waals surface area contributed by atoms with Gasteiger partial charge in [0.05, 0.1) is 12.8 Å². The number of benzene rings is 2. The average Bonchev–Trinajstić information content (AvgIpc) is 2.92. The fourth-order valence-electron chi connectivity index (χ4n) is 3.13. The molecule has 0 saturated carbocycles. The maximum atomic E-state index is 13.3. The normalized spacial score (nSPS) is 15.7. The highest BCUT2D eigenvalue weighted by Crippen LogP contribution is 2.41. The van der Waals surface area contributed by atoms with Gasteiger partial charge in [0.1, 0.15) is 11.3 Å². The molecular formula is C21H21F3N4O3. The van der Waals surface area contributed by atoms with Crippen molar-refractivity contribution in [1.29, 1.82) is 5.41 Å². The molecule has 1 fully saturated rings. The van der Waals surface area contributed by atoms with Crippen molar-refractivity contribution in [1.82, 2.24) is 9.80 Å². The first kappa shape index (κ1) is 22.0. The third-order valence-electron chi connectivity index (χ3n) is 4.73. The first-order chi connectivity index (χ1) is 14.6. The van der Waals surface area contributed by atoms with Gasteiger partial charge in [-0.15, -0.1) is 0 Å². The molecule has 3 rings (SSSR count). The smallest absolute Gasteiger partial charge is 0.420 e. The molecule has 7 nitrogen and oxygen atoms in total. The number of nitrogens with two attached hydrogens (primary N) is 1. The monoisotopic (exact) mass is 434 g/mol. The molecule has 3 N–H and O–H groups in total. The number of alkyl halides is 3. The molecule has 10 heteroatoms. The zero-order chi connectivity index (χ0) is 22.9. The third kappa shape index (κ3) is 4.27. The number of nitrogens with one attached hydrogen (secondary N) is 1. The molecule has 31 heavy (non-hydrogen) atoms. The van der Waals surface area contributed by atoms with Crippen LogP contribution in [-0.2, 0) is 6.18 Å². The Morgan fingerprint density at radius 2 is 1.81 bits per heavy atom. The van der Waals surface area contributed by atoms with Crippen molar-refractivity contribution in [3.8, 4) is 17.2 Å². The molecular weight excluding hydrogens is 413 g/mol. The molecule has 0 spiro atoms. The number of amides is 2. The quantitative estimate of drug-likeness (QED) is 0.662. The highest BCUT2D eigenvalue weighted by Gasteiger charge is 2.36. The Kier molecular flexibility index (Phi) is 5.83. The zero-order valence-corrected chi connectivity index (χ0v) is 17.1. The summed E-state index contributed by atoms with van der Waals surface area (Å²) in [4.78, 5) is 14.9. The van der Waals surface area contributed by atoms with Crippen molar-refractivity contribution in [2.24, 2.45) is 0 Å². The topological polar surface area (TPSA) is 91.9 Å². The second-order valence-electron chi connectivity index (χ2n) is 6.73. The van der Waals surface area contributed by atoms with E-state index in [4.69, 9.17) is 20.6 Å². The van der Waals surface area contributed by atoms with E-state index in [0.717, 1.165) is 12.1 Å². The van der Waals surface area contributed by atoms with E-state index in [0.29, 0.717) is 17.8 Å². The van der Waals surface area contributed by atoms with E-state index in [1.54, 1.807) is 32.2 Å². The average molecular weight is 434 g/mol. The molecule has 2 aromatic carbocycles. The minimum Gasteiger partial charge on any atom is -0.493 e. The Hall–Kier alpha value is -3.69. The van der Waals surface area contributed by atoms with Gasteiger partial charge in [0, 0.05) is 19.3 Å². The minimum absolute atomic E-state index is 0.0348. The van der Waals surface area contributed by atoms with Gasteiger partial charge in [0.15, 0.2) is 17.3 Å². The summed E-state index contributed by atoms with van der Waals surface area (Å²) in [5.41, 5.74) is 5.42. The molecule has 2 amide bonds. The van der Waals surface area contributed by atoms with Crippen LogP contribution >= 0.6 is 0 Å². The number of anilines is 1. The Morgan fingerprint density at radius 1 is 1.13 bits per heavy atom. The lowest BCUT2D eigenvalue weighted by Crippen LogP contribution is -2.30. The Labute approximate surface area is 177 Å². The van der Waals surface area contributed by atoms with Gasteiger partial charge in [0.2, 0.25) is 0 Å². The summed E-state index contributed by atoms with van der Waals surface area (Å²) >= 11 is 0. The van der Waals surface area contributed by atoms with E-state index in [-0.39, 0.29) is 29.1 Å². The van der Waals surface area contributed by atoms with Crippen molar-refractivity contribution >= 4 is 23.6 Å². The van der Waals surface area contributed by atoms with E-state index in [2.05, 4.69) is 0 Å². The van der Waals surface area contributed by atoms with Crippen LogP contribution in [0.5, 0.6) is 17.2 Å². The predicted molar refractivity (Wildman–Crippen MR) is 110 cm³/mol. The van der Waals surface area contributed by atoms with Crippen LogP contribution in [0.3, 0.4) is 0 Å². The van der Waals surface area contributed by atoms with Crippen molar-refractivity contribution in [3.63, 3.8) is 0 Å². The van der Waals surface area contributed by atoms with Crippen molar-refractivity contribution < 1.29 is 27.4 Å². The minimum atomic E-state index is -4.65. The Bertz CT molecular complexity index is 1070. The van der Waals surface area contributed by atoms with Gasteiger partial charge < -0.3 is 15.2 Å². The number of nitrogens with zero attached hydrogens (tertiary/aromatic N) is 2. The molecule has 1 aliphatic heterocycles. The number of rotatable bonds is 5. The lowest BCUT2D eigenvalue weighted by molar-refractivity contribution is -0.138. The summed E-state index contributed by atoms with van der Waals surface area (Å²) in [5, 5.41) is 8.18. The highest BCUT2D eigenvalue weighted by molar-refractivity contribution is 6.15. The van der Waals surface area contributed by atoms with E-state index >= 15 is 0 Å². The van der Waals surface area contributed by atoms with Gasteiger partial charge in [-0.2, -0.15) is 13.2 Å². The molecule has 1 heterocycles. The highest BCUT2D eigenvalue weighted by atomic mass is 19.4. The van der Waals surface area contributed by atoms with Crippen LogP contribution in [0.15, 0.2) is 42.1 Å². The van der Waals surface area contributed by atoms with Crippen LogP contribution < -0.4 is 15.2 Å². The van der Waals surface area contributed by atoms with E-state index < -0.39 is 17.5 Å². The molecule has 0 atom stereocenters. The van der Waals surface area contributed by atoms with Gasteiger partial charge in [0.25, 0.3) is 0 Å². The van der Waals surface area contributed by atoms with E-state index in [1.165, 1.54) is 29.0 Å². The first-order valence-corrected chi connectivity index (χ1v) is 9.25. The SMILES string of the molecule is CCN1C(=N)/C(=C/c2ccc(Oc3ccc(N)cc3C(F)(F)F)c(OC)c2)N(C)C1=O. The van der Waals surface area contributed by atoms with Gasteiger partial charge >= 0.3 is 12.2 Å². The maximum absolute atomic E-state index is 13.3. The summed E-state index contributed by atoms with van der Waals surface area (Å²) in [6.45, 7) is 2.13. The lowest BCUT2D eigenvalue weighted by Gasteiger charge is -2.16. The number of likely N-dealkylation sites (N-methyl/N-ethyl adjacent to an activating group) is 2. The maximum Gasteiger partial charge on any atom is 0.420 e. The van der Waals surface area contributed by atoms with Crippen molar-refractivity contribution in [2.75, 3.05) is 26.4 Å². The number of carbonyl (C=O) groups excluding carboxylic acids is 1. The van der Waals surface area contributed by atoms with Crippen LogP contribution in [0.2, 0.25) is 0 Å². The number of amidine groups is 1. The number of hydrogen-bond acceptors (Lipinski definition) is 5. The van der Waals surface area contributed by atoms with Gasteiger partial charge in [-0.1, -0.05) is 6.07 Å². The molecule has 0 aliphatic carbocycles. The Balaban J connectivity index is 1.96. The van der Waals surface area contributed by atoms with Crippen LogP contribution in [0.25, 0.3) is 6.08 Å². The number of carbonyl (C=O) groups is 1. The van der Waals surface area contributed by atoms with Gasteiger partial charge in [-0.05, 0) is 48.9 Å². The molecule has 0 aromatic heterocycles. The molecule has 164 valence electrons. The standard InChI is InChI=1S/C21H21F3N4O3/c1-4-28-19(26)15(27(2)20(28)29)9-12-5-7-17(18(10-12)30-3)31-16-8-6-13(25)11-14(16)21(22,23)24/h5-11,26H,4,25H2,1-3H3/b15-9-,26-19?. The number of nitrogen functional groups attached to an aromatic ring is 1. The molecule has 0 radical (unpaired) electrons. The van der Waals surface area contributed by atoms with Crippen LogP contribution in [-0.4, -0.2) is 42.4 Å². The fourth-order valence-corrected chi connectivity index (χ4v) is 3.13. The van der Waals surface area contributed by atoms with E-state index in [1.807, 2.05) is 0 Å². The van der Waals surface area contributed by atoms with Gasteiger partial charge in [-0.25, -0.2) is 4.79 Å². The number of halogens is 3. The van der Waals surface area contributed by atoms with E-state index in [9.17, 15) is 18.0 Å². The van der Waals surface area contributed by atoms with Crippen LogP contribution in [0, 0.1) is 5.41 Å². The number of methoxy groups -OCH3 is 1. The molecule has 0 bridgehead atoms. The molecule has 0 unspecified atom stereocenters. The summed E-state index contributed by atoms with van der Waals surface area (Å²) in [5.74, 6) is -0.0928. The summed E-state index contributed by atoms with van der Waals surface area (Å²) < 4.78 is 50.8. The summed E-state index contributed by atoms with van der Waals surface area (Å²) in [7, 11) is 2.92. The van der Waals surface area contributed by atoms with Gasteiger partial charge in [-0.3, -0.25) is 15.2 Å². The zero-order valence-electron chi connectivity index (χ0n) is 17.1.